The van der Waals surface area contributed by atoms with Crippen LogP contribution >= 0.6 is 11.6 Å². The number of nitrogens with one attached hydrogen (secondary N) is 1. The lowest BCUT2D eigenvalue weighted by Crippen LogP contribution is -2.42. The molecule has 0 saturated heterocycles. The Morgan fingerprint density at radius 2 is 2.20 bits per heavy atom. The molecule has 1 aromatic rings. The number of rotatable bonds is 7. The monoisotopic (exact) mass is 299 g/mol. The van der Waals surface area contributed by atoms with Gasteiger partial charge in [-0.1, -0.05) is 35.8 Å². The third-order valence-corrected chi connectivity index (χ3v) is 3.96. The van der Waals surface area contributed by atoms with Gasteiger partial charge in [-0.2, -0.15) is 0 Å². The van der Waals surface area contributed by atoms with Gasteiger partial charge in [-0.25, -0.2) is 0 Å². The quantitative estimate of drug-likeness (QED) is 0.268. The van der Waals surface area contributed by atoms with Crippen LogP contribution in [-0.2, 0) is 6.54 Å². The van der Waals surface area contributed by atoms with Crippen molar-refractivity contribution in [2.24, 2.45) is 10.9 Å². The number of hydrogen-bond donors (Lipinski definition) is 4. The van der Waals surface area contributed by atoms with Crippen molar-refractivity contribution in [1.29, 1.82) is 0 Å². The number of benzene rings is 1. The Balaban J connectivity index is 2.79. The fraction of sp³-hybridized carbons (Fsp3) is 0.500. The summed E-state index contributed by atoms with van der Waals surface area (Å²) in [4.78, 5) is 0. The summed E-state index contributed by atoms with van der Waals surface area (Å²) in [6.45, 7) is 4.89. The lowest BCUT2D eigenvalue weighted by Gasteiger charge is -2.29. The number of nitrogens with zero attached hydrogens (tertiary/aromatic N) is 1. The SMILES string of the molecule is CCC(C)(CCO)NCc1ccc(/C(N)=N/O)cc1Cl. The Morgan fingerprint density at radius 1 is 1.50 bits per heavy atom. The lowest BCUT2D eigenvalue weighted by atomic mass is 9.94. The molecule has 5 nitrogen and oxygen atoms in total. The molecule has 1 unspecified atom stereocenters. The number of nitrogens with two attached hydrogens (primary N) is 1. The predicted molar refractivity (Wildman–Crippen MR) is 81.2 cm³/mol. The Hall–Kier alpha value is -1.30. The molecule has 0 saturated carbocycles. The third-order valence-electron chi connectivity index (χ3n) is 3.61. The molecular weight excluding hydrogens is 278 g/mol. The van der Waals surface area contributed by atoms with Crippen molar-refractivity contribution in [1.82, 2.24) is 5.32 Å². The van der Waals surface area contributed by atoms with E-state index in [9.17, 15) is 0 Å². The number of aliphatic hydroxyl groups excluding tert-OH is 1. The summed E-state index contributed by atoms with van der Waals surface area (Å²) in [6.07, 6.45) is 1.59. The molecule has 0 aromatic heterocycles. The fourth-order valence-electron chi connectivity index (χ4n) is 1.85. The van der Waals surface area contributed by atoms with Gasteiger partial charge in [0.05, 0.1) is 0 Å². The zero-order valence-corrected chi connectivity index (χ0v) is 12.6. The van der Waals surface area contributed by atoms with Crippen molar-refractivity contribution in [3.8, 4) is 0 Å². The van der Waals surface area contributed by atoms with Crippen LogP contribution in [0.3, 0.4) is 0 Å². The van der Waals surface area contributed by atoms with Crippen molar-refractivity contribution in [2.45, 2.75) is 38.8 Å². The number of aliphatic hydroxyl groups is 1. The van der Waals surface area contributed by atoms with Crippen LogP contribution in [0.1, 0.15) is 37.8 Å². The fourth-order valence-corrected chi connectivity index (χ4v) is 2.10. The smallest absolute Gasteiger partial charge is 0.170 e. The Morgan fingerprint density at radius 3 is 2.70 bits per heavy atom. The summed E-state index contributed by atoms with van der Waals surface area (Å²) in [7, 11) is 0. The van der Waals surface area contributed by atoms with Crippen LogP contribution in [0.15, 0.2) is 23.4 Å². The summed E-state index contributed by atoms with van der Waals surface area (Å²) in [5.41, 5.74) is 6.90. The van der Waals surface area contributed by atoms with E-state index >= 15 is 0 Å². The molecule has 1 atom stereocenters. The van der Waals surface area contributed by atoms with E-state index in [1.165, 1.54) is 0 Å². The highest BCUT2D eigenvalue weighted by Gasteiger charge is 2.20. The molecule has 0 spiro atoms. The van der Waals surface area contributed by atoms with Gasteiger partial charge in [0.25, 0.3) is 0 Å². The number of halogens is 1. The Bertz CT molecular complexity index is 479. The van der Waals surface area contributed by atoms with E-state index in [-0.39, 0.29) is 18.0 Å². The molecule has 20 heavy (non-hydrogen) atoms. The molecule has 1 aromatic carbocycles. The number of amidine groups is 1. The van der Waals surface area contributed by atoms with Crippen LogP contribution < -0.4 is 11.1 Å². The van der Waals surface area contributed by atoms with Gasteiger partial charge < -0.3 is 21.4 Å². The molecular formula is C14H22ClN3O2. The van der Waals surface area contributed by atoms with Gasteiger partial charge in [-0.05, 0) is 31.4 Å². The zero-order valence-electron chi connectivity index (χ0n) is 11.9. The molecule has 0 aliphatic heterocycles. The molecule has 0 bridgehead atoms. The predicted octanol–water partition coefficient (Wildman–Crippen LogP) is 2.08. The van der Waals surface area contributed by atoms with Crippen molar-refractivity contribution in [3.05, 3.63) is 34.3 Å². The summed E-state index contributed by atoms with van der Waals surface area (Å²) in [5.74, 6) is 0.0325. The van der Waals surface area contributed by atoms with Crippen LogP contribution in [0, 0.1) is 0 Å². The van der Waals surface area contributed by atoms with Crippen LogP contribution in [0.2, 0.25) is 5.02 Å². The molecule has 1 rings (SSSR count). The van der Waals surface area contributed by atoms with Gasteiger partial charge in [0.2, 0.25) is 0 Å². The van der Waals surface area contributed by atoms with E-state index in [1.807, 2.05) is 6.07 Å². The van der Waals surface area contributed by atoms with E-state index in [2.05, 4.69) is 24.3 Å². The van der Waals surface area contributed by atoms with Crippen LogP contribution in [0.25, 0.3) is 0 Å². The second-order valence-corrected chi connectivity index (χ2v) is 5.44. The highest BCUT2D eigenvalue weighted by atomic mass is 35.5. The van der Waals surface area contributed by atoms with Gasteiger partial charge in [0.15, 0.2) is 5.84 Å². The average molecular weight is 300 g/mol. The maximum atomic E-state index is 9.09. The second-order valence-electron chi connectivity index (χ2n) is 5.03. The average Bonchev–Trinajstić information content (AvgIpc) is 2.45. The van der Waals surface area contributed by atoms with Crippen molar-refractivity contribution in [3.63, 3.8) is 0 Å². The molecule has 0 heterocycles. The van der Waals surface area contributed by atoms with Gasteiger partial charge in [0.1, 0.15) is 0 Å². The minimum atomic E-state index is -0.123. The molecule has 6 heteroatoms. The van der Waals surface area contributed by atoms with Gasteiger partial charge in [-0.15, -0.1) is 0 Å². The molecule has 0 radical (unpaired) electrons. The standard InChI is InChI=1S/C14H22ClN3O2/c1-3-14(2,6-7-19)17-9-11-5-4-10(8-12(11)15)13(16)18-20/h4-5,8,17,19-20H,3,6-7,9H2,1-2H3,(H2,16,18). The maximum absolute atomic E-state index is 9.09. The van der Waals surface area contributed by atoms with E-state index in [4.69, 9.17) is 27.6 Å². The van der Waals surface area contributed by atoms with Crippen LogP contribution in [-0.4, -0.2) is 28.3 Å². The summed E-state index contributed by atoms with van der Waals surface area (Å²) in [6, 6.07) is 5.27. The first-order chi connectivity index (χ1) is 9.45. The van der Waals surface area contributed by atoms with E-state index < -0.39 is 0 Å². The topological polar surface area (TPSA) is 90.9 Å². The van der Waals surface area contributed by atoms with Crippen LogP contribution in [0.4, 0.5) is 0 Å². The molecule has 5 N–H and O–H groups in total. The molecule has 0 aliphatic carbocycles. The molecule has 0 aliphatic rings. The highest BCUT2D eigenvalue weighted by Crippen LogP contribution is 2.20. The Kier molecular flexibility index (Phi) is 6.26. The number of oxime groups is 1. The van der Waals surface area contributed by atoms with E-state index in [0.717, 1.165) is 12.0 Å². The number of hydrogen-bond acceptors (Lipinski definition) is 4. The summed E-state index contributed by atoms with van der Waals surface area (Å²) >= 11 is 6.20. The Labute approximate surface area is 124 Å². The molecule has 112 valence electrons. The van der Waals surface area contributed by atoms with Crippen molar-refractivity contribution >= 4 is 17.4 Å². The maximum Gasteiger partial charge on any atom is 0.170 e. The first-order valence-corrected chi connectivity index (χ1v) is 6.95. The highest BCUT2D eigenvalue weighted by molar-refractivity contribution is 6.31. The zero-order chi connectivity index (χ0) is 15.2. The first-order valence-electron chi connectivity index (χ1n) is 6.58. The second kappa shape index (κ2) is 7.47. The van der Waals surface area contributed by atoms with Crippen molar-refractivity contribution in [2.75, 3.05) is 6.61 Å². The van der Waals surface area contributed by atoms with Gasteiger partial charge in [-0.3, -0.25) is 0 Å². The summed E-state index contributed by atoms with van der Waals surface area (Å²) < 4.78 is 0. The summed E-state index contributed by atoms with van der Waals surface area (Å²) in [5, 5.41) is 24.6. The molecule has 0 fully saturated rings. The van der Waals surface area contributed by atoms with Gasteiger partial charge >= 0.3 is 0 Å². The third kappa shape index (κ3) is 4.37. The molecule has 0 amide bonds. The van der Waals surface area contributed by atoms with Crippen molar-refractivity contribution < 1.29 is 10.3 Å². The van der Waals surface area contributed by atoms with E-state index in [1.54, 1.807) is 12.1 Å². The largest absolute Gasteiger partial charge is 0.409 e. The van der Waals surface area contributed by atoms with Crippen LogP contribution in [0.5, 0.6) is 0 Å². The minimum absolute atomic E-state index is 0.0325. The van der Waals surface area contributed by atoms with Gasteiger partial charge in [0, 0.05) is 29.3 Å². The lowest BCUT2D eigenvalue weighted by molar-refractivity contribution is 0.214. The minimum Gasteiger partial charge on any atom is -0.409 e. The normalized spacial score (nSPS) is 15.1. The first kappa shape index (κ1) is 16.8. The van der Waals surface area contributed by atoms with E-state index in [0.29, 0.717) is 23.6 Å².